The Morgan fingerprint density at radius 2 is 1.67 bits per heavy atom. The lowest BCUT2D eigenvalue weighted by Gasteiger charge is -2.32. The van der Waals surface area contributed by atoms with Crippen molar-refractivity contribution in [2.45, 2.75) is 44.6 Å². The van der Waals surface area contributed by atoms with Crippen molar-refractivity contribution in [2.24, 2.45) is 5.41 Å². The standard InChI is InChI=1S/C17H21NO3/c1-18(14-10-12-6-2-3-7-13(12)11-14)15(19)17(16(20)21)8-4-5-9-17/h2-3,6-7,14H,4-5,8-11H2,1H3,(H,20,21). The number of likely N-dealkylation sites (N-methyl/N-ethyl adjacent to an activating group) is 1. The molecule has 1 N–H and O–H groups in total. The highest BCUT2D eigenvalue weighted by atomic mass is 16.4. The number of benzene rings is 1. The number of carbonyl (C=O) groups excluding carboxylic acids is 1. The summed E-state index contributed by atoms with van der Waals surface area (Å²) in [6.07, 6.45) is 4.27. The van der Waals surface area contributed by atoms with Gasteiger partial charge in [0.05, 0.1) is 0 Å². The van der Waals surface area contributed by atoms with E-state index in [0.29, 0.717) is 12.8 Å². The molecular weight excluding hydrogens is 266 g/mol. The van der Waals surface area contributed by atoms with Crippen LogP contribution in [0.15, 0.2) is 24.3 Å². The summed E-state index contributed by atoms with van der Waals surface area (Å²) in [6.45, 7) is 0. The van der Waals surface area contributed by atoms with Gasteiger partial charge >= 0.3 is 5.97 Å². The van der Waals surface area contributed by atoms with Crippen LogP contribution in [-0.2, 0) is 22.4 Å². The van der Waals surface area contributed by atoms with Crippen LogP contribution >= 0.6 is 0 Å². The molecule has 4 heteroatoms. The van der Waals surface area contributed by atoms with E-state index in [9.17, 15) is 14.7 Å². The zero-order chi connectivity index (χ0) is 15.0. The topological polar surface area (TPSA) is 57.6 Å². The summed E-state index contributed by atoms with van der Waals surface area (Å²) in [5.74, 6) is -1.15. The molecule has 2 aliphatic carbocycles. The van der Waals surface area contributed by atoms with E-state index in [1.54, 1.807) is 11.9 Å². The maximum Gasteiger partial charge on any atom is 0.319 e. The van der Waals surface area contributed by atoms with Gasteiger partial charge in [0.15, 0.2) is 0 Å². The van der Waals surface area contributed by atoms with Crippen molar-refractivity contribution in [2.75, 3.05) is 7.05 Å². The molecule has 112 valence electrons. The number of fused-ring (bicyclic) bond motifs is 1. The summed E-state index contributed by atoms with van der Waals surface area (Å²) in [5.41, 5.74) is 1.37. The predicted octanol–water partition coefficient (Wildman–Crippen LogP) is 2.26. The minimum absolute atomic E-state index is 0.0896. The molecule has 0 saturated heterocycles. The molecule has 1 fully saturated rings. The summed E-state index contributed by atoms with van der Waals surface area (Å²) in [6, 6.07) is 8.30. The Labute approximate surface area is 124 Å². The lowest BCUT2D eigenvalue weighted by molar-refractivity contribution is -0.160. The summed E-state index contributed by atoms with van der Waals surface area (Å²) < 4.78 is 0. The quantitative estimate of drug-likeness (QED) is 0.868. The third kappa shape index (κ3) is 2.23. The molecule has 0 bridgehead atoms. The van der Waals surface area contributed by atoms with Gasteiger partial charge in [-0.2, -0.15) is 0 Å². The highest BCUT2D eigenvalue weighted by molar-refractivity contribution is 6.02. The zero-order valence-corrected chi connectivity index (χ0v) is 12.3. The van der Waals surface area contributed by atoms with Gasteiger partial charge in [0.25, 0.3) is 0 Å². The maximum atomic E-state index is 12.8. The first-order chi connectivity index (χ1) is 10.0. The van der Waals surface area contributed by atoms with Crippen LogP contribution in [0.3, 0.4) is 0 Å². The van der Waals surface area contributed by atoms with Crippen LogP contribution in [0.4, 0.5) is 0 Å². The van der Waals surface area contributed by atoms with E-state index in [-0.39, 0.29) is 11.9 Å². The van der Waals surface area contributed by atoms with Crippen molar-refractivity contribution in [1.82, 2.24) is 4.90 Å². The number of carboxylic acid groups (broad SMARTS) is 1. The zero-order valence-electron chi connectivity index (χ0n) is 12.3. The number of hydrogen-bond donors (Lipinski definition) is 1. The number of nitrogens with zero attached hydrogens (tertiary/aromatic N) is 1. The van der Waals surface area contributed by atoms with E-state index in [4.69, 9.17) is 0 Å². The molecule has 0 aromatic heterocycles. The van der Waals surface area contributed by atoms with Gasteiger partial charge in [0, 0.05) is 13.1 Å². The van der Waals surface area contributed by atoms with E-state index in [1.165, 1.54) is 11.1 Å². The Hall–Kier alpha value is -1.84. The molecule has 0 aliphatic heterocycles. The van der Waals surface area contributed by atoms with E-state index >= 15 is 0 Å². The summed E-state index contributed by atoms with van der Waals surface area (Å²) in [5, 5.41) is 9.55. The van der Waals surface area contributed by atoms with Gasteiger partial charge in [-0.15, -0.1) is 0 Å². The van der Waals surface area contributed by atoms with Gasteiger partial charge in [-0.05, 0) is 36.8 Å². The average molecular weight is 287 g/mol. The second kappa shape index (κ2) is 5.17. The highest BCUT2D eigenvalue weighted by Crippen LogP contribution is 2.41. The van der Waals surface area contributed by atoms with Gasteiger partial charge < -0.3 is 10.0 Å². The largest absolute Gasteiger partial charge is 0.480 e. The van der Waals surface area contributed by atoms with Crippen molar-refractivity contribution >= 4 is 11.9 Å². The molecular formula is C17H21NO3. The predicted molar refractivity (Wildman–Crippen MR) is 78.9 cm³/mol. The first-order valence-electron chi connectivity index (χ1n) is 7.62. The Balaban J connectivity index is 1.78. The minimum atomic E-state index is -1.18. The Morgan fingerprint density at radius 3 is 2.14 bits per heavy atom. The molecule has 21 heavy (non-hydrogen) atoms. The molecule has 1 saturated carbocycles. The molecule has 3 rings (SSSR count). The van der Waals surface area contributed by atoms with E-state index in [2.05, 4.69) is 12.1 Å². The number of carbonyl (C=O) groups is 2. The van der Waals surface area contributed by atoms with Gasteiger partial charge in [-0.3, -0.25) is 9.59 Å². The van der Waals surface area contributed by atoms with Crippen molar-refractivity contribution in [3.63, 3.8) is 0 Å². The fourth-order valence-electron chi connectivity index (χ4n) is 3.81. The van der Waals surface area contributed by atoms with Crippen LogP contribution in [0.2, 0.25) is 0 Å². The van der Waals surface area contributed by atoms with Crippen molar-refractivity contribution in [3.05, 3.63) is 35.4 Å². The number of rotatable bonds is 3. The first kappa shape index (κ1) is 14.1. The van der Waals surface area contributed by atoms with E-state index < -0.39 is 11.4 Å². The van der Waals surface area contributed by atoms with Crippen molar-refractivity contribution in [3.8, 4) is 0 Å². The molecule has 0 radical (unpaired) electrons. The van der Waals surface area contributed by atoms with Crippen LogP contribution in [-0.4, -0.2) is 35.0 Å². The number of carboxylic acids is 1. The molecule has 0 unspecified atom stereocenters. The summed E-state index contributed by atoms with van der Waals surface area (Å²) in [4.78, 5) is 26.1. The van der Waals surface area contributed by atoms with E-state index in [1.807, 2.05) is 12.1 Å². The maximum absolute atomic E-state index is 12.8. The van der Waals surface area contributed by atoms with Crippen LogP contribution in [0.25, 0.3) is 0 Å². The Morgan fingerprint density at radius 1 is 1.14 bits per heavy atom. The molecule has 0 spiro atoms. The molecule has 1 aromatic carbocycles. The van der Waals surface area contributed by atoms with Gasteiger partial charge in [0.1, 0.15) is 5.41 Å². The monoisotopic (exact) mass is 287 g/mol. The number of amides is 1. The SMILES string of the molecule is CN(C(=O)C1(C(=O)O)CCCC1)C1Cc2ccccc2C1. The normalized spacial score (nSPS) is 20.2. The first-order valence-corrected chi connectivity index (χ1v) is 7.62. The highest BCUT2D eigenvalue weighted by Gasteiger charge is 2.50. The number of hydrogen-bond acceptors (Lipinski definition) is 2. The van der Waals surface area contributed by atoms with Crippen LogP contribution in [0, 0.1) is 5.41 Å². The molecule has 2 aliphatic rings. The lowest BCUT2D eigenvalue weighted by atomic mass is 9.84. The summed E-state index contributed by atoms with van der Waals surface area (Å²) >= 11 is 0. The molecule has 4 nitrogen and oxygen atoms in total. The number of aliphatic carboxylic acids is 1. The van der Waals surface area contributed by atoms with Gasteiger partial charge in [-0.25, -0.2) is 0 Å². The fourth-order valence-corrected chi connectivity index (χ4v) is 3.81. The Bertz CT molecular complexity index is 550. The third-order valence-electron chi connectivity index (χ3n) is 5.17. The molecule has 1 aromatic rings. The molecule has 1 amide bonds. The van der Waals surface area contributed by atoms with Crippen LogP contribution in [0.5, 0.6) is 0 Å². The lowest BCUT2D eigenvalue weighted by Crippen LogP contribution is -2.49. The Kier molecular flexibility index (Phi) is 3.47. The third-order valence-corrected chi connectivity index (χ3v) is 5.17. The van der Waals surface area contributed by atoms with Crippen molar-refractivity contribution < 1.29 is 14.7 Å². The minimum Gasteiger partial charge on any atom is -0.480 e. The second-order valence-electron chi connectivity index (χ2n) is 6.34. The average Bonchev–Trinajstić information content (AvgIpc) is 3.12. The second-order valence-corrected chi connectivity index (χ2v) is 6.34. The summed E-state index contributed by atoms with van der Waals surface area (Å²) in [7, 11) is 1.77. The van der Waals surface area contributed by atoms with Crippen LogP contribution < -0.4 is 0 Å². The molecule has 0 heterocycles. The fraction of sp³-hybridized carbons (Fsp3) is 0.529. The van der Waals surface area contributed by atoms with Gasteiger partial charge in [0.2, 0.25) is 5.91 Å². The molecule has 0 atom stereocenters. The van der Waals surface area contributed by atoms with E-state index in [0.717, 1.165) is 25.7 Å². The van der Waals surface area contributed by atoms with Crippen molar-refractivity contribution in [1.29, 1.82) is 0 Å². The van der Waals surface area contributed by atoms with Gasteiger partial charge in [-0.1, -0.05) is 37.1 Å². The smallest absolute Gasteiger partial charge is 0.319 e. The van der Waals surface area contributed by atoms with Crippen LogP contribution in [0.1, 0.15) is 36.8 Å².